The van der Waals surface area contributed by atoms with Gasteiger partial charge in [0, 0.05) is 17.3 Å². The van der Waals surface area contributed by atoms with E-state index in [1.54, 1.807) is 17.8 Å². The van der Waals surface area contributed by atoms with Crippen molar-refractivity contribution in [2.45, 2.75) is 6.92 Å². The molecule has 28 heavy (non-hydrogen) atoms. The lowest BCUT2D eigenvalue weighted by molar-refractivity contribution is 0.0958. The minimum absolute atomic E-state index is 0.333. The van der Waals surface area contributed by atoms with Gasteiger partial charge in [0.05, 0.1) is 17.6 Å². The minimum atomic E-state index is -0.333. The molecular formula is C20H16N6OS. The molecule has 0 aliphatic carbocycles. The third-order valence-electron chi connectivity index (χ3n) is 4.04. The van der Waals surface area contributed by atoms with E-state index in [4.69, 9.17) is 5.10 Å². The van der Waals surface area contributed by atoms with Gasteiger partial charge in [0.25, 0.3) is 5.91 Å². The molecule has 4 rings (SSSR count). The third-order valence-corrected chi connectivity index (χ3v) is 4.86. The number of benzene rings is 2. The normalized spacial score (nSPS) is 11.0. The first kappa shape index (κ1) is 17.7. The molecule has 0 bridgehead atoms. The Kier molecular flexibility index (Phi) is 5.03. The van der Waals surface area contributed by atoms with Crippen molar-refractivity contribution in [2.24, 2.45) is 5.10 Å². The Bertz CT molecular complexity index is 1120. The fourth-order valence-electron chi connectivity index (χ4n) is 2.67. The monoisotopic (exact) mass is 388 g/mol. The van der Waals surface area contributed by atoms with Crippen molar-refractivity contribution in [1.82, 2.24) is 24.8 Å². The summed E-state index contributed by atoms with van der Waals surface area (Å²) in [6.07, 6.45) is 3.48. The summed E-state index contributed by atoms with van der Waals surface area (Å²) in [5.74, 6) is -0.333. The summed E-state index contributed by atoms with van der Waals surface area (Å²) in [4.78, 5) is 12.6. The lowest BCUT2D eigenvalue weighted by Gasteiger charge is -2.00. The summed E-state index contributed by atoms with van der Waals surface area (Å²) >= 11 is 1.04. The molecule has 138 valence electrons. The van der Waals surface area contributed by atoms with E-state index < -0.39 is 0 Å². The molecule has 0 spiro atoms. The third kappa shape index (κ3) is 3.72. The Hall–Kier alpha value is -3.65. The number of hydrogen-bond donors (Lipinski definition) is 1. The highest BCUT2D eigenvalue weighted by atomic mass is 32.1. The number of para-hydroxylation sites is 1. The fraction of sp³-hybridized carbons (Fsp3) is 0.0500. The number of carbonyl (C=O) groups is 1. The molecule has 1 amide bonds. The molecule has 0 fully saturated rings. The topological polar surface area (TPSA) is 85.1 Å². The number of aryl methyl sites for hydroxylation is 1. The van der Waals surface area contributed by atoms with Gasteiger partial charge in [-0.25, -0.2) is 10.1 Å². The molecule has 0 saturated heterocycles. The summed E-state index contributed by atoms with van der Waals surface area (Å²) < 4.78 is 5.56. The molecule has 4 aromatic rings. The van der Waals surface area contributed by atoms with Crippen molar-refractivity contribution in [1.29, 1.82) is 0 Å². The maximum absolute atomic E-state index is 12.2. The molecule has 0 aliphatic rings. The Labute approximate surface area is 165 Å². The molecule has 7 nitrogen and oxygen atoms in total. The van der Waals surface area contributed by atoms with E-state index in [1.807, 2.05) is 66.9 Å². The van der Waals surface area contributed by atoms with E-state index in [9.17, 15) is 4.79 Å². The second-order valence-electron chi connectivity index (χ2n) is 5.97. The molecule has 2 aromatic carbocycles. The zero-order chi connectivity index (χ0) is 19.3. The van der Waals surface area contributed by atoms with Crippen LogP contribution in [0.1, 0.15) is 20.9 Å². The number of nitrogens with one attached hydrogen (secondary N) is 1. The van der Waals surface area contributed by atoms with Crippen molar-refractivity contribution in [3.63, 3.8) is 0 Å². The van der Waals surface area contributed by atoms with Gasteiger partial charge in [-0.1, -0.05) is 53.0 Å². The van der Waals surface area contributed by atoms with E-state index in [0.717, 1.165) is 34.0 Å². The van der Waals surface area contributed by atoms with Crippen molar-refractivity contribution in [2.75, 3.05) is 0 Å². The Morgan fingerprint density at radius 3 is 2.50 bits per heavy atom. The second kappa shape index (κ2) is 7.93. The standard InChI is InChI=1S/C20H16N6OS/c1-14-19(28-25-22-14)20(27)23-21-12-16-13-26(17-10-6-3-7-11-17)24-18(16)15-8-4-2-5-9-15/h2-13H,1H3,(H,23,27). The van der Waals surface area contributed by atoms with Crippen LogP contribution >= 0.6 is 11.5 Å². The Balaban J connectivity index is 1.64. The number of rotatable bonds is 5. The SMILES string of the molecule is Cc1nnsc1C(=O)NN=Cc1cn(-c2ccccc2)nc1-c1ccccc1. The molecule has 0 saturated carbocycles. The first-order chi connectivity index (χ1) is 13.7. The zero-order valence-corrected chi connectivity index (χ0v) is 15.8. The Morgan fingerprint density at radius 1 is 1.11 bits per heavy atom. The van der Waals surface area contributed by atoms with Gasteiger partial charge >= 0.3 is 0 Å². The molecule has 0 aliphatic heterocycles. The van der Waals surface area contributed by atoms with Crippen LogP contribution in [-0.4, -0.2) is 31.5 Å². The van der Waals surface area contributed by atoms with Crippen LogP contribution in [0, 0.1) is 6.92 Å². The quantitative estimate of drug-likeness (QED) is 0.419. The number of aromatic nitrogens is 4. The molecule has 1 N–H and O–H groups in total. The predicted molar refractivity (Wildman–Crippen MR) is 109 cm³/mol. The van der Waals surface area contributed by atoms with E-state index in [1.165, 1.54) is 0 Å². The second-order valence-corrected chi connectivity index (χ2v) is 6.72. The van der Waals surface area contributed by atoms with Crippen molar-refractivity contribution < 1.29 is 4.79 Å². The number of carbonyl (C=O) groups excluding carboxylic acids is 1. The van der Waals surface area contributed by atoms with Crippen LogP contribution in [0.4, 0.5) is 0 Å². The van der Waals surface area contributed by atoms with Crippen LogP contribution in [0.15, 0.2) is 72.0 Å². The summed E-state index contributed by atoms with van der Waals surface area (Å²) in [5.41, 5.74) is 6.58. The van der Waals surface area contributed by atoms with Gasteiger partial charge in [-0.2, -0.15) is 10.2 Å². The molecule has 0 unspecified atom stereocenters. The van der Waals surface area contributed by atoms with Gasteiger partial charge in [0.2, 0.25) is 0 Å². The molecule has 2 aromatic heterocycles. The maximum atomic E-state index is 12.2. The van der Waals surface area contributed by atoms with Crippen LogP contribution in [0.3, 0.4) is 0 Å². The number of hydrogen-bond acceptors (Lipinski definition) is 6. The van der Waals surface area contributed by atoms with E-state index in [2.05, 4.69) is 20.1 Å². The first-order valence-electron chi connectivity index (χ1n) is 8.55. The van der Waals surface area contributed by atoms with Crippen LogP contribution in [0.2, 0.25) is 0 Å². The molecule has 0 radical (unpaired) electrons. The summed E-state index contributed by atoms with van der Waals surface area (Å²) in [7, 11) is 0. The van der Waals surface area contributed by atoms with E-state index >= 15 is 0 Å². The van der Waals surface area contributed by atoms with Gasteiger partial charge in [0.1, 0.15) is 10.6 Å². The van der Waals surface area contributed by atoms with Crippen LogP contribution in [-0.2, 0) is 0 Å². The molecular weight excluding hydrogens is 372 g/mol. The smallest absolute Gasteiger partial charge is 0.266 e. The average molecular weight is 388 g/mol. The van der Waals surface area contributed by atoms with Gasteiger partial charge in [-0.05, 0) is 30.6 Å². The van der Waals surface area contributed by atoms with Crippen LogP contribution < -0.4 is 5.43 Å². The molecule has 8 heteroatoms. The van der Waals surface area contributed by atoms with Gasteiger partial charge in [-0.3, -0.25) is 4.79 Å². The average Bonchev–Trinajstić information content (AvgIpc) is 3.36. The predicted octanol–water partition coefficient (Wildman–Crippen LogP) is 3.46. The van der Waals surface area contributed by atoms with Crippen molar-refractivity contribution in [3.8, 4) is 16.9 Å². The molecule has 2 heterocycles. The van der Waals surface area contributed by atoms with Gasteiger partial charge < -0.3 is 0 Å². The highest BCUT2D eigenvalue weighted by Gasteiger charge is 2.13. The number of hydrazone groups is 1. The summed E-state index contributed by atoms with van der Waals surface area (Å²) in [6, 6.07) is 19.7. The van der Waals surface area contributed by atoms with Crippen molar-refractivity contribution >= 4 is 23.7 Å². The first-order valence-corrected chi connectivity index (χ1v) is 9.32. The number of amides is 1. The summed E-state index contributed by atoms with van der Waals surface area (Å²) in [6.45, 7) is 1.74. The summed E-state index contributed by atoms with van der Waals surface area (Å²) in [5, 5.41) is 12.6. The Morgan fingerprint density at radius 2 is 1.82 bits per heavy atom. The minimum Gasteiger partial charge on any atom is -0.266 e. The van der Waals surface area contributed by atoms with E-state index in [-0.39, 0.29) is 5.91 Å². The highest BCUT2D eigenvalue weighted by Crippen LogP contribution is 2.22. The van der Waals surface area contributed by atoms with Gasteiger partial charge in [0.15, 0.2) is 0 Å². The lowest BCUT2D eigenvalue weighted by Crippen LogP contribution is -2.17. The highest BCUT2D eigenvalue weighted by molar-refractivity contribution is 7.07. The van der Waals surface area contributed by atoms with E-state index in [0.29, 0.717) is 10.6 Å². The zero-order valence-electron chi connectivity index (χ0n) is 15.0. The number of nitrogens with zero attached hydrogens (tertiary/aromatic N) is 5. The van der Waals surface area contributed by atoms with Crippen LogP contribution in [0.25, 0.3) is 16.9 Å². The largest absolute Gasteiger partial charge is 0.285 e. The van der Waals surface area contributed by atoms with Crippen molar-refractivity contribution in [3.05, 3.63) is 83.0 Å². The van der Waals surface area contributed by atoms with Gasteiger partial charge in [-0.15, -0.1) is 5.10 Å². The lowest BCUT2D eigenvalue weighted by atomic mass is 10.1. The van der Waals surface area contributed by atoms with Crippen LogP contribution in [0.5, 0.6) is 0 Å². The fourth-order valence-corrected chi connectivity index (χ4v) is 3.21. The maximum Gasteiger partial charge on any atom is 0.285 e. The molecule has 0 atom stereocenters.